The molecule has 1 unspecified atom stereocenters. The van der Waals surface area contributed by atoms with Crippen molar-refractivity contribution in [2.75, 3.05) is 69.6 Å². The van der Waals surface area contributed by atoms with Crippen molar-refractivity contribution in [2.45, 2.75) is 183 Å². The van der Waals surface area contributed by atoms with Crippen LogP contribution in [0.2, 0.25) is 0 Å². The van der Waals surface area contributed by atoms with Crippen LogP contribution in [0, 0.1) is 11.3 Å². The number of amides is 13. The largest absolute Gasteiger partial charge is 0.493 e. The smallest absolute Gasteiger partial charge is 0.326 e. The summed E-state index contributed by atoms with van der Waals surface area (Å²) in [5.74, 6) is -14.7. The van der Waals surface area contributed by atoms with E-state index < -0.39 is 198 Å². The molecule has 116 heavy (non-hydrogen) atoms. The van der Waals surface area contributed by atoms with Gasteiger partial charge in [-0.3, -0.25) is 76.7 Å². The number of carboxylic acids is 1. The molecule has 0 aliphatic carbocycles. The van der Waals surface area contributed by atoms with Crippen molar-refractivity contribution < 1.29 is 95.8 Å². The molecule has 0 saturated carbocycles. The number of carboxylic acid groups (broad SMARTS) is 1. The Kier molecular flexibility index (Phi) is 34.5. The second kappa shape index (κ2) is 44.0. The number of aliphatic carboxylic acids is 1. The van der Waals surface area contributed by atoms with Gasteiger partial charge in [0.1, 0.15) is 65.6 Å². The molecule has 0 spiro atoms. The van der Waals surface area contributed by atoms with E-state index in [1.54, 1.807) is 74.5 Å². The van der Waals surface area contributed by atoms with Gasteiger partial charge in [-0.05, 0) is 101 Å². The van der Waals surface area contributed by atoms with Crippen molar-refractivity contribution in [3.63, 3.8) is 0 Å². The van der Waals surface area contributed by atoms with Gasteiger partial charge in [0, 0.05) is 86.1 Å². The van der Waals surface area contributed by atoms with Crippen LogP contribution in [0.25, 0.3) is 10.9 Å². The number of nitrogens with one attached hydrogen (secondary N) is 12. The van der Waals surface area contributed by atoms with E-state index in [0.29, 0.717) is 11.1 Å². The van der Waals surface area contributed by atoms with Crippen molar-refractivity contribution in [2.24, 2.45) is 28.9 Å². The SMILES string of the molecule is COc1cc2c3c(c(NCCCC[C@H](NC(=O)[C@@H]4CCCN4C(=O)[C@H](CCC(N)=O)NC(=O)[C@H](CCC(N)=O)NC(=O)[C@H](Cc4ccccc4)NC(=O)[C@H](Cc4ccccc4)NC(=O)CNC(=O)[C@H](CC(C)C)NC(=O)[C@@H](N)CCS(C)=O)C(=O)N4CCC[C@H]4C(=O)N[C@@H](CCCNC(=N)N)C(=O)O)c(O)nc3c1OC)C(=O)C(=O)N2. The lowest BCUT2D eigenvalue weighted by Gasteiger charge is -2.32. The molecule has 13 amide bonds. The zero-order chi connectivity index (χ0) is 85.0. The molecule has 2 saturated heterocycles. The van der Waals surface area contributed by atoms with Crippen LogP contribution in [0.15, 0.2) is 66.7 Å². The minimum Gasteiger partial charge on any atom is -0.493 e. The Morgan fingerprint density at radius 3 is 1.68 bits per heavy atom. The van der Waals surface area contributed by atoms with Crippen LogP contribution in [-0.2, 0) is 90.8 Å². The molecule has 4 aromatic rings. The molecule has 11 atom stereocenters. The van der Waals surface area contributed by atoms with Gasteiger partial charge in [-0.2, -0.15) is 0 Å². The lowest BCUT2D eigenvalue weighted by Crippen LogP contribution is -2.60. The normalized spacial score (nSPS) is 16.6. The highest BCUT2D eigenvalue weighted by atomic mass is 32.2. The highest BCUT2D eigenvalue weighted by molar-refractivity contribution is 7.84. The van der Waals surface area contributed by atoms with Crippen LogP contribution < -0.4 is 90.9 Å². The number of methoxy groups -OCH3 is 2. The minimum absolute atomic E-state index is 0.00113. The summed E-state index contributed by atoms with van der Waals surface area (Å²) in [6, 6.07) is 4.03. The number of likely N-dealkylation sites (tertiary alicyclic amines) is 2. The number of aromatic hydroxyl groups is 1. The monoisotopic (exact) mass is 1640 g/mol. The fraction of sp³-hybridized carbons (Fsp3) is 0.513. The number of anilines is 2. The van der Waals surface area contributed by atoms with E-state index in [1.807, 2.05) is 0 Å². The number of benzene rings is 3. The van der Waals surface area contributed by atoms with Gasteiger partial charge in [-0.1, -0.05) is 74.5 Å². The van der Waals surface area contributed by atoms with Crippen molar-refractivity contribution >= 4 is 128 Å². The van der Waals surface area contributed by atoms with E-state index in [9.17, 15) is 76.8 Å². The number of ketones is 1. The standard InChI is InChI=1S/C76H105N19O20S/c1-40(2)35-49(91-64(100)43(77)29-34-116(5)113)65(101)84-39-57(98)85-50(36-41-17-8-6-9-18-41)67(103)92-51(37-42-19-10-7-11-20-42)68(104)86-44(25-27-55(78)96)66(102)87-46(26-28-56(79)97)74(110)95-33-15-23-52(95)69(105)88-45(73(109)94-32-16-24-53(94)70(106)89-47(75(111)112)22-14-31-83-76(80)81)21-12-13-30-82-61-59-58-48(90-72(108)62(59)99)38-54(114-3)63(115-4)60(58)93-71(61)107/h6-11,17-20,38,40,43-47,49-53,82H,12-16,21-37,39,77H2,1-5H3,(H2,78,96)(H2,79,97)(H,84,101)(H,85,98)(H,86,104)(H,87,102)(H,88,105)(H,89,106)(H,90,108)(H,91,100)(H,92,103)(H,93,107)(H,111,112)(H4,80,81,83)/t43-,44-,45-,46-,47-,49-,50-,51-,52-,53-,116?/m0/s1. The van der Waals surface area contributed by atoms with Crippen molar-refractivity contribution in [1.29, 1.82) is 5.41 Å². The highest BCUT2D eigenvalue weighted by Gasteiger charge is 2.44. The fourth-order valence-electron chi connectivity index (χ4n) is 13.8. The summed E-state index contributed by atoms with van der Waals surface area (Å²) in [5.41, 5.74) is 23.4. The minimum atomic E-state index is -1.73. The van der Waals surface area contributed by atoms with Crippen LogP contribution >= 0.6 is 0 Å². The van der Waals surface area contributed by atoms with Crippen LogP contribution in [-0.4, -0.2) is 243 Å². The number of pyridine rings is 1. The molecule has 2 fully saturated rings. The first-order chi connectivity index (χ1) is 55.2. The Labute approximate surface area is 671 Å². The van der Waals surface area contributed by atoms with Gasteiger partial charge >= 0.3 is 5.97 Å². The van der Waals surface area contributed by atoms with Gasteiger partial charge < -0.3 is 111 Å². The number of rotatable bonds is 46. The number of primary amides is 2. The molecule has 3 aliphatic rings. The van der Waals surface area contributed by atoms with Crippen LogP contribution in [0.3, 0.4) is 0 Å². The number of Topliss-reactive ketones (excluding diaryl/α,β-unsaturated/α-hetero) is 1. The Morgan fingerprint density at radius 1 is 0.629 bits per heavy atom. The zero-order valence-corrected chi connectivity index (χ0v) is 66.1. The van der Waals surface area contributed by atoms with E-state index in [-0.39, 0.29) is 167 Å². The van der Waals surface area contributed by atoms with Crippen LogP contribution in [0.1, 0.15) is 132 Å². The number of aromatic nitrogens is 1. The maximum absolute atomic E-state index is 15.1. The number of ether oxygens (including phenoxy) is 2. The van der Waals surface area contributed by atoms with Crippen molar-refractivity contribution in [1.82, 2.24) is 62.6 Å². The van der Waals surface area contributed by atoms with E-state index in [2.05, 4.69) is 63.5 Å². The number of guanidine groups is 1. The fourth-order valence-corrected chi connectivity index (χ4v) is 14.4. The molecular weight excluding hydrogens is 1530 g/mol. The molecule has 3 aliphatic heterocycles. The first-order valence-corrected chi connectivity index (χ1v) is 39.8. The zero-order valence-electron chi connectivity index (χ0n) is 65.3. The molecule has 7 rings (SSSR count). The average Bonchev–Trinajstić information content (AvgIpc) is 0.887. The Hall–Kier alpha value is -12.1. The molecule has 40 heteroatoms. The van der Waals surface area contributed by atoms with Crippen molar-refractivity contribution in [3.8, 4) is 17.4 Å². The molecule has 630 valence electrons. The summed E-state index contributed by atoms with van der Waals surface area (Å²) in [7, 11) is 1.42. The maximum atomic E-state index is 15.1. The second-order valence-corrected chi connectivity index (χ2v) is 30.4. The summed E-state index contributed by atoms with van der Waals surface area (Å²) in [5, 5.41) is 57.9. The third-order valence-electron chi connectivity index (χ3n) is 19.7. The molecular formula is C76H105N19O20S. The molecule has 22 N–H and O–H groups in total. The number of carbonyl (C=O) groups is 15. The van der Waals surface area contributed by atoms with E-state index in [0.717, 1.165) is 4.90 Å². The number of hydrogen-bond donors (Lipinski definition) is 18. The second-order valence-electron chi connectivity index (χ2n) is 28.9. The average molecular weight is 1640 g/mol. The van der Waals surface area contributed by atoms with Gasteiger partial charge in [0.2, 0.25) is 76.8 Å². The van der Waals surface area contributed by atoms with Gasteiger partial charge in [0.15, 0.2) is 17.5 Å². The summed E-state index contributed by atoms with van der Waals surface area (Å²) in [6.45, 7) is 2.85. The van der Waals surface area contributed by atoms with Gasteiger partial charge in [-0.25, -0.2) is 9.78 Å². The third kappa shape index (κ3) is 26.2. The van der Waals surface area contributed by atoms with Gasteiger partial charge in [-0.15, -0.1) is 0 Å². The quantitative estimate of drug-likeness (QED) is 0.00955. The van der Waals surface area contributed by atoms with Crippen molar-refractivity contribution in [3.05, 3.63) is 83.4 Å². The summed E-state index contributed by atoms with van der Waals surface area (Å²) in [4.78, 5) is 215. The first kappa shape index (κ1) is 91.1. The third-order valence-corrected chi connectivity index (χ3v) is 20.5. The molecule has 39 nitrogen and oxygen atoms in total. The molecule has 0 radical (unpaired) electrons. The van der Waals surface area contributed by atoms with E-state index >= 15 is 9.59 Å². The summed E-state index contributed by atoms with van der Waals surface area (Å²) >= 11 is 0. The van der Waals surface area contributed by atoms with Crippen LogP contribution in [0.5, 0.6) is 17.4 Å². The Bertz CT molecular complexity index is 4310. The Morgan fingerprint density at radius 2 is 1.15 bits per heavy atom. The number of unbranched alkanes of at least 4 members (excludes halogenated alkanes) is 1. The predicted molar refractivity (Wildman–Crippen MR) is 423 cm³/mol. The van der Waals surface area contributed by atoms with Gasteiger partial charge in [0.05, 0.1) is 38.1 Å². The molecule has 4 heterocycles. The lowest BCUT2D eigenvalue weighted by atomic mass is 9.96. The molecule has 1 aromatic heterocycles. The highest BCUT2D eigenvalue weighted by Crippen LogP contribution is 2.46. The number of carbonyl (C=O) groups excluding carboxylic acids is 14. The lowest BCUT2D eigenvalue weighted by molar-refractivity contribution is -0.146. The summed E-state index contributed by atoms with van der Waals surface area (Å²) in [6.07, 6.45) is -0.117. The first-order valence-electron chi connectivity index (χ1n) is 38.1. The van der Waals surface area contributed by atoms with E-state index in [4.69, 9.17) is 37.8 Å². The van der Waals surface area contributed by atoms with E-state index in [1.165, 1.54) is 31.4 Å². The number of hydrogen-bond acceptors (Lipinski definition) is 23. The Balaban J connectivity index is 1.11. The molecule has 0 bridgehead atoms. The van der Waals surface area contributed by atoms with Gasteiger partial charge in [0.25, 0.3) is 11.7 Å². The van der Waals surface area contributed by atoms with Crippen LogP contribution in [0.4, 0.5) is 11.4 Å². The predicted octanol–water partition coefficient (Wildman–Crippen LogP) is -2.33. The molecule has 3 aromatic carbocycles. The topological polar surface area (TPSA) is 612 Å². The number of nitrogens with zero attached hydrogens (tertiary/aromatic N) is 3. The number of nitrogens with two attached hydrogens (primary N) is 4. The summed E-state index contributed by atoms with van der Waals surface area (Å²) < 4.78 is 22.6. The maximum Gasteiger partial charge on any atom is 0.326 e.